The molecule has 1 N–H and O–H groups in total. The van der Waals surface area contributed by atoms with Crippen molar-refractivity contribution in [2.75, 3.05) is 24.0 Å². The van der Waals surface area contributed by atoms with E-state index in [1.54, 1.807) is 18.2 Å². The first-order valence-corrected chi connectivity index (χ1v) is 12.6. The number of hydrogen-bond acceptors (Lipinski definition) is 4. The first-order valence-electron chi connectivity index (χ1n) is 11.2. The number of ether oxygens (including phenoxy) is 1. The van der Waals surface area contributed by atoms with Crippen LogP contribution in [0.25, 0.3) is 11.1 Å². The number of aryl methyl sites for hydroxylation is 2. The molecule has 3 aromatic carbocycles. The highest BCUT2D eigenvalue weighted by molar-refractivity contribution is 7.93. The summed E-state index contributed by atoms with van der Waals surface area (Å²) in [6.07, 6.45) is 1.80. The van der Waals surface area contributed by atoms with E-state index >= 15 is 0 Å². The van der Waals surface area contributed by atoms with Crippen molar-refractivity contribution in [3.05, 3.63) is 77.9 Å². The number of amides is 1. The van der Waals surface area contributed by atoms with E-state index in [-0.39, 0.29) is 23.9 Å². The minimum atomic E-state index is -3.85. The Bertz CT molecular complexity index is 1250. The fraction of sp³-hybridized carbons (Fsp3) is 0.269. The molecule has 0 spiro atoms. The first kappa shape index (κ1) is 22.9. The third kappa shape index (κ3) is 4.73. The number of benzene rings is 3. The third-order valence-corrected chi connectivity index (χ3v) is 7.61. The second kappa shape index (κ2) is 9.67. The molecule has 3 aromatic rings. The van der Waals surface area contributed by atoms with Gasteiger partial charge in [0.25, 0.3) is 10.0 Å². The Hall–Kier alpha value is -3.32. The second-order valence-corrected chi connectivity index (χ2v) is 9.74. The molecule has 0 atom stereocenters. The molecule has 0 bridgehead atoms. The lowest BCUT2D eigenvalue weighted by molar-refractivity contribution is -0.119. The zero-order valence-electron chi connectivity index (χ0n) is 18.9. The summed E-state index contributed by atoms with van der Waals surface area (Å²) in [5.41, 5.74) is 4.35. The summed E-state index contributed by atoms with van der Waals surface area (Å²) < 4.78 is 33.6. The lowest BCUT2D eigenvalue weighted by Gasteiger charge is -2.32. The number of carbonyl (C=O) groups is 1. The van der Waals surface area contributed by atoms with E-state index in [2.05, 4.69) is 19.2 Å². The Morgan fingerprint density at radius 1 is 0.909 bits per heavy atom. The fourth-order valence-electron chi connectivity index (χ4n) is 3.94. The smallest absolute Gasteiger partial charge is 0.265 e. The first-order chi connectivity index (χ1) is 15.9. The minimum Gasteiger partial charge on any atom is -0.492 e. The zero-order valence-corrected chi connectivity index (χ0v) is 19.7. The van der Waals surface area contributed by atoms with E-state index in [9.17, 15) is 13.2 Å². The number of nitrogens with one attached hydrogen (secondary N) is 1. The molecule has 0 unspecified atom stereocenters. The van der Waals surface area contributed by atoms with Crippen LogP contribution in [-0.2, 0) is 27.7 Å². The lowest BCUT2D eigenvalue weighted by Crippen LogP contribution is -2.43. The number of nitrogens with zero attached hydrogens (tertiary/aromatic N) is 1. The predicted molar refractivity (Wildman–Crippen MR) is 130 cm³/mol. The number of fused-ring (bicyclic) bond motifs is 3. The van der Waals surface area contributed by atoms with Gasteiger partial charge in [0.05, 0.1) is 17.1 Å². The Morgan fingerprint density at radius 3 is 2.33 bits per heavy atom. The van der Waals surface area contributed by atoms with E-state index in [1.807, 2.05) is 48.5 Å². The molecule has 0 saturated heterocycles. The lowest BCUT2D eigenvalue weighted by atomic mass is 9.99. The SMILES string of the molecule is CCc1ccc(OCCNC(=O)CN2c3ccc(CC)cc3-c3ccccc3S2(=O)=O)cc1. The van der Waals surface area contributed by atoms with E-state index in [0.717, 1.165) is 29.7 Å². The fourth-order valence-corrected chi connectivity index (χ4v) is 5.59. The molecule has 7 heteroatoms. The van der Waals surface area contributed by atoms with Gasteiger partial charge >= 0.3 is 0 Å². The van der Waals surface area contributed by atoms with Gasteiger partial charge in [-0.05, 0) is 54.3 Å². The highest BCUT2D eigenvalue weighted by atomic mass is 32.2. The molecule has 6 nitrogen and oxygen atoms in total. The van der Waals surface area contributed by atoms with Gasteiger partial charge in [-0.15, -0.1) is 0 Å². The van der Waals surface area contributed by atoms with E-state index in [4.69, 9.17) is 4.74 Å². The second-order valence-electron chi connectivity index (χ2n) is 7.91. The number of sulfonamides is 1. The van der Waals surface area contributed by atoms with Crippen LogP contribution in [0.4, 0.5) is 5.69 Å². The van der Waals surface area contributed by atoms with Crippen LogP contribution in [0.3, 0.4) is 0 Å². The van der Waals surface area contributed by atoms with Crippen molar-refractivity contribution < 1.29 is 17.9 Å². The van der Waals surface area contributed by atoms with Crippen molar-refractivity contribution in [2.45, 2.75) is 31.6 Å². The summed E-state index contributed by atoms with van der Waals surface area (Å²) in [4.78, 5) is 12.9. The average Bonchev–Trinajstić information content (AvgIpc) is 2.84. The summed E-state index contributed by atoms with van der Waals surface area (Å²) in [5.74, 6) is 0.353. The topological polar surface area (TPSA) is 75.7 Å². The van der Waals surface area contributed by atoms with Gasteiger partial charge in [0.1, 0.15) is 18.9 Å². The molecule has 1 heterocycles. The van der Waals surface area contributed by atoms with Gasteiger partial charge in [-0.3, -0.25) is 9.10 Å². The Balaban J connectivity index is 1.46. The molecule has 0 aliphatic carbocycles. The molecule has 172 valence electrons. The van der Waals surface area contributed by atoms with Crippen molar-refractivity contribution in [3.8, 4) is 16.9 Å². The molecular weight excluding hydrogens is 436 g/mol. The molecule has 33 heavy (non-hydrogen) atoms. The normalized spacial score (nSPS) is 13.7. The van der Waals surface area contributed by atoms with E-state index in [0.29, 0.717) is 17.9 Å². The molecule has 1 aliphatic heterocycles. The van der Waals surface area contributed by atoms with Gasteiger partial charge in [-0.25, -0.2) is 8.42 Å². The van der Waals surface area contributed by atoms with Crippen molar-refractivity contribution in [1.29, 1.82) is 0 Å². The summed E-state index contributed by atoms with van der Waals surface area (Å²) in [7, 11) is -3.85. The van der Waals surface area contributed by atoms with Crippen LogP contribution in [-0.4, -0.2) is 34.0 Å². The van der Waals surface area contributed by atoms with E-state index < -0.39 is 10.0 Å². The maximum absolute atomic E-state index is 13.3. The summed E-state index contributed by atoms with van der Waals surface area (Å²) in [5, 5.41) is 2.77. The zero-order chi connectivity index (χ0) is 23.4. The molecule has 0 saturated carbocycles. The van der Waals surface area contributed by atoms with Crippen molar-refractivity contribution >= 4 is 21.6 Å². The van der Waals surface area contributed by atoms with Crippen LogP contribution >= 0.6 is 0 Å². The van der Waals surface area contributed by atoms with Crippen molar-refractivity contribution in [1.82, 2.24) is 5.32 Å². The Morgan fingerprint density at radius 2 is 1.61 bits per heavy atom. The largest absolute Gasteiger partial charge is 0.492 e. The summed E-state index contributed by atoms with van der Waals surface area (Å²) in [6, 6.07) is 20.5. The molecule has 1 aliphatic rings. The molecule has 4 rings (SSSR count). The van der Waals surface area contributed by atoms with Crippen molar-refractivity contribution in [3.63, 3.8) is 0 Å². The van der Waals surface area contributed by atoms with Crippen molar-refractivity contribution in [2.24, 2.45) is 0 Å². The number of hydrogen-bond donors (Lipinski definition) is 1. The highest BCUT2D eigenvalue weighted by Crippen LogP contribution is 2.43. The molecule has 0 fully saturated rings. The predicted octanol–water partition coefficient (Wildman–Crippen LogP) is 4.18. The van der Waals surface area contributed by atoms with Gasteiger partial charge in [-0.2, -0.15) is 0 Å². The van der Waals surface area contributed by atoms with Gasteiger partial charge in [0.2, 0.25) is 5.91 Å². The van der Waals surface area contributed by atoms with Crippen LogP contribution in [0, 0.1) is 0 Å². The van der Waals surface area contributed by atoms with Crippen LogP contribution in [0.5, 0.6) is 5.75 Å². The Kier molecular flexibility index (Phi) is 6.70. The standard InChI is InChI=1S/C26H28N2O4S/c1-3-19-9-12-21(13-10-19)32-16-15-27-26(29)18-28-24-14-11-20(4-2)17-23(24)22-7-5-6-8-25(22)33(28,30)31/h5-14,17H,3-4,15-16,18H2,1-2H3,(H,27,29). The van der Waals surface area contributed by atoms with Gasteiger partial charge in [-0.1, -0.05) is 50.2 Å². The van der Waals surface area contributed by atoms with E-state index in [1.165, 1.54) is 9.87 Å². The van der Waals surface area contributed by atoms with Crippen LogP contribution < -0.4 is 14.4 Å². The average molecular weight is 465 g/mol. The molecule has 1 amide bonds. The number of anilines is 1. The Labute approximate surface area is 195 Å². The van der Waals surface area contributed by atoms with Crippen LogP contribution in [0.1, 0.15) is 25.0 Å². The highest BCUT2D eigenvalue weighted by Gasteiger charge is 2.35. The molecule has 0 aromatic heterocycles. The van der Waals surface area contributed by atoms with Gasteiger partial charge < -0.3 is 10.1 Å². The third-order valence-electron chi connectivity index (χ3n) is 5.79. The molecular formula is C26H28N2O4S. The summed E-state index contributed by atoms with van der Waals surface area (Å²) in [6.45, 7) is 4.43. The van der Waals surface area contributed by atoms with Gasteiger partial charge in [0.15, 0.2) is 0 Å². The van der Waals surface area contributed by atoms with Crippen LogP contribution in [0.15, 0.2) is 71.6 Å². The minimum absolute atomic E-state index is 0.220. The number of rotatable bonds is 8. The van der Waals surface area contributed by atoms with Gasteiger partial charge in [0, 0.05) is 11.1 Å². The maximum atomic E-state index is 13.3. The quantitative estimate of drug-likeness (QED) is 0.508. The maximum Gasteiger partial charge on any atom is 0.265 e. The molecule has 0 radical (unpaired) electrons. The number of carbonyl (C=O) groups excluding carboxylic acids is 1. The van der Waals surface area contributed by atoms with Crippen LogP contribution in [0.2, 0.25) is 0 Å². The summed E-state index contributed by atoms with van der Waals surface area (Å²) >= 11 is 0. The monoisotopic (exact) mass is 464 g/mol.